The Balaban J connectivity index is 1.42. The predicted molar refractivity (Wildman–Crippen MR) is 134 cm³/mol. The molecule has 1 saturated heterocycles. The molecule has 4 aromatic rings. The summed E-state index contributed by atoms with van der Waals surface area (Å²) in [5.41, 5.74) is 3.70. The summed E-state index contributed by atoms with van der Waals surface area (Å²) >= 11 is 0. The molecule has 0 saturated carbocycles. The van der Waals surface area contributed by atoms with Gasteiger partial charge in [-0.1, -0.05) is 74.5 Å². The van der Waals surface area contributed by atoms with Crippen molar-refractivity contribution in [2.75, 3.05) is 13.1 Å². The summed E-state index contributed by atoms with van der Waals surface area (Å²) in [6.45, 7) is 5.59. The number of likely N-dealkylation sites (tertiary alicyclic amines) is 1. The molecule has 3 aromatic carbocycles. The van der Waals surface area contributed by atoms with E-state index in [0.29, 0.717) is 13.1 Å². The summed E-state index contributed by atoms with van der Waals surface area (Å²) in [6.07, 6.45) is 1.63. The van der Waals surface area contributed by atoms with Crippen molar-refractivity contribution in [3.63, 3.8) is 0 Å². The van der Waals surface area contributed by atoms with Crippen LogP contribution in [0.1, 0.15) is 44.2 Å². The number of aromatic nitrogens is 2. The van der Waals surface area contributed by atoms with Crippen LogP contribution in [0.4, 0.5) is 4.39 Å². The van der Waals surface area contributed by atoms with E-state index in [1.165, 1.54) is 6.07 Å². The third kappa shape index (κ3) is 4.23. The van der Waals surface area contributed by atoms with E-state index < -0.39 is 0 Å². The van der Waals surface area contributed by atoms with Crippen LogP contribution in [0.2, 0.25) is 0 Å². The predicted octanol–water partition coefficient (Wildman–Crippen LogP) is 6.45. The lowest BCUT2D eigenvalue weighted by molar-refractivity contribution is -0.135. The van der Waals surface area contributed by atoms with Gasteiger partial charge in [-0.25, -0.2) is 9.37 Å². The number of nitrogens with zero attached hydrogens (tertiary/aromatic N) is 3. The van der Waals surface area contributed by atoms with Crippen LogP contribution in [-0.2, 0) is 4.79 Å². The van der Waals surface area contributed by atoms with Gasteiger partial charge in [0.15, 0.2) is 0 Å². The van der Waals surface area contributed by atoms with E-state index in [2.05, 4.69) is 18.4 Å². The third-order valence-electron chi connectivity index (χ3n) is 6.92. The number of carbonyl (C=O) groups excluding carboxylic acids is 1. The van der Waals surface area contributed by atoms with E-state index in [4.69, 9.17) is 4.98 Å². The molecule has 1 fully saturated rings. The Kier molecular flexibility index (Phi) is 6.18. The first-order valence-corrected chi connectivity index (χ1v) is 12.1. The van der Waals surface area contributed by atoms with E-state index in [-0.39, 0.29) is 29.6 Å². The standard InChI is InChI=1S/C29H30FN3O/c1-20(2)27(21-9-5-3-6-10-21)29(34)32-17-15-24(16-18-32)33-26-19-23(30)13-14-25(26)31-28(33)22-11-7-4-8-12-22/h3-14,19-20,24,27H,15-18H2,1-2H3. The van der Waals surface area contributed by atoms with Gasteiger partial charge in [0.25, 0.3) is 0 Å². The van der Waals surface area contributed by atoms with Crippen molar-refractivity contribution >= 4 is 16.9 Å². The summed E-state index contributed by atoms with van der Waals surface area (Å²) < 4.78 is 16.4. The van der Waals surface area contributed by atoms with E-state index in [0.717, 1.165) is 40.8 Å². The van der Waals surface area contributed by atoms with Gasteiger partial charge in [-0.15, -0.1) is 0 Å². The molecule has 0 bridgehead atoms. The zero-order valence-electron chi connectivity index (χ0n) is 19.7. The molecule has 1 aliphatic heterocycles. The highest BCUT2D eigenvalue weighted by Crippen LogP contribution is 2.35. The van der Waals surface area contributed by atoms with Crippen molar-refractivity contribution in [3.8, 4) is 11.4 Å². The van der Waals surface area contributed by atoms with Gasteiger partial charge in [0, 0.05) is 24.7 Å². The van der Waals surface area contributed by atoms with Gasteiger partial charge in [0.1, 0.15) is 11.6 Å². The molecular formula is C29H30FN3O. The second kappa shape index (κ2) is 9.41. The Morgan fingerprint density at radius 3 is 2.24 bits per heavy atom. The maximum absolute atomic E-state index is 14.2. The number of piperidine rings is 1. The van der Waals surface area contributed by atoms with Gasteiger partial charge >= 0.3 is 0 Å². The van der Waals surface area contributed by atoms with Crippen LogP contribution in [0.3, 0.4) is 0 Å². The maximum Gasteiger partial charge on any atom is 0.230 e. The smallest absolute Gasteiger partial charge is 0.230 e. The average Bonchev–Trinajstić information content (AvgIpc) is 3.24. The minimum absolute atomic E-state index is 0.138. The minimum Gasteiger partial charge on any atom is -0.342 e. The molecule has 5 heteroatoms. The van der Waals surface area contributed by atoms with Crippen LogP contribution in [0, 0.1) is 11.7 Å². The average molecular weight is 456 g/mol. The van der Waals surface area contributed by atoms with Gasteiger partial charge in [0.05, 0.1) is 17.0 Å². The Hall–Kier alpha value is -3.47. The summed E-state index contributed by atoms with van der Waals surface area (Å²) in [7, 11) is 0. The number of amides is 1. The van der Waals surface area contributed by atoms with Crippen molar-refractivity contribution in [1.29, 1.82) is 0 Å². The normalized spacial score (nSPS) is 15.7. The molecule has 0 spiro atoms. The van der Waals surface area contributed by atoms with E-state index in [1.54, 1.807) is 12.1 Å². The van der Waals surface area contributed by atoms with E-state index in [1.807, 2.05) is 65.6 Å². The molecule has 1 aliphatic rings. The van der Waals surface area contributed by atoms with Gasteiger partial charge in [0.2, 0.25) is 5.91 Å². The second-order valence-corrected chi connectivity index (χ2v) is 9.49. The topological polar surface area (TPSA) is 38.1 Å². The van der Waals surface area contributed by atoms with E-state index in [9.17, 15) is 9.18 Å². The van der Waals surface area contributed by atoms with Gasteiger partial charge < -0.3 is 9.47 Å². The quantitative estimate of drug-likeness (QED) is 0.347. The number of carbonyl (C=O) groups is 1. The molecule has 5 rings (SSSR count). The Morgan fingerprint density at radius 2 is 1.59 bits per heavy atom. The number of imidazole rings is 1. The van der Waals surface area contributed by atoms with Crippen LogP contribution < -0.4 is 0 Å². The second-order valence-electron chi connectivity index (χ2n) is 9.49. The first-order chi connectivity index (χ1) is 16.5. The largest absolute Gasteiger partial charge is 0.342 e. The first-order valence-electron chi connectivity index (χ1n) is 12.1. The highest BCUT2D eigenvalue weighted by molar-refractivity contribution is 5.84. The first kappa shape index (κ1) is 22.3. The Bertz CT molecular complexity index is 1270. The molecule has 1 amide bonds. The lowest BCUT2D eigenvalue weighted by Crippen LogP contribution is -2.42. The highest BCUT2D eigenvalue weighted by atomic mass is 19.1. The van der Waals surface area contributed by atoms with Gasteiger partial charge in [-0.2, -0.15) is 0 Å². The molecule has 34 heavy (non-hydrogen) atoms. The summed E-state index contributed by atoms with van der Waals surface area (Å²) in [5, 5.41) is 0. The zero-order valence-corrected chi connectivity index (χ0v) is 19.7. The number of benzene rings is 3. The maximum atomic E-state index is 14.2. The van der Waals surface area contributed by atoms with Gasteiger partial charge in [-0.05, 0) is 42.5 Å². The van der Waals surface area contributed by atoms with Crippen molar-refractivity contribution in [1.82, 2.24) is 14.5 Å². The van der Waals surface area contributed by atoms with Crippen LogP contribution >= 0.6 is 0 Å². The fourth-order valence-electron chi connectivity index (χ4n) is 5.24. The van der Waals surface area contributed by atoms with Gasteiger partial charge in [-0.3, -0.25) is 4.79 Å². The fourth-order valence-corrected chi connectivity index (χ4v) is 5.24. The number of hydrogen-bond acceptors (Lipinski definition) is 2. The minimum atomic E-state index is -0.261. The molecule has 1 aromatic heterocycles. The molecule has 1 atom stereocenters. The highest BCUT2D eigenvalue weighted by Gasteiger charge is 2.32. The third-order valence-corrected chi connectivity index (χ3v) is 6.92. The zero-order chi connectivity index (χ0) is 23.7. The molecule has 0 radical (unpaired) electrons. The van der Waals surface area contributed by atoms with E-state index >= 15 is 0 Å². The van der Waals surface area contributed by atoms with Crippen molar-refractivity contribution in [2.24, 2.45) is 5.92 Å². The lowest BCUT2D eigenvalue weighted by atomic mass is 9.86. The molecular weight excluding hydrogens is 425 g/mol. The molecule has 2 heterocycles. The Labute approximate surface area is 200 Å². The van der Waals surface area contributed by atoms with Crippen molar-refractivity contribution in [2.45, 2.75) is 38.6 Å². The van der Waals surface area contributed by atoms with Crippen LogP contribution in [0.25, 0.3) is 22.4 Å². The number of halogens is 1. The monoisotopic (exact) mass is 455 g/mol. The van der Waals surface area contributed by atoms with Crippen LogP contribution in [0.5, 0.6) is 0 Å². The molecule has 174 valence electrons. The molecule has 1 unspecified atom stereocenters. The summed E-state index contributed by atoms with van der Waals surface area (Å²) in [5.74, 6) is 0.877. The molecule has 4 nitrogen and oxygen atoms in total. The SMILES string of the molecule is CC(C)C(C(=O)N1CCC(n2c(-c3ccccc3)nc3ccc(F)cc32)CC1)c1ccccc1. The van der Waals surface area contributed by atoms with Crippen molar-refractivity contribution in [3.05, 3.63) is 90.2 Å². The number of hydrogen-bond donors (Lipinski definition) is 0. The molecule has 0 N–H and O–H groups in total. The van der Waals surface area contributed by atoms with Crippen LogP contribution in [0.15, 0.2) is 78.9 Å². The number of rotatable bonds is 5. The molecule has 0 aliphatic carbocycles. The summed E-state index contributed by atoms with van der Waals surface area (Å²) in [6, 6.07) is 25.1. The summed E-state index contributed by atoms with van der Waals surface area (Å²) in [4.78, 5) is 20.4. The lowest BCUT2D eigenvalue weighted by Gasteiger charge is -2.36. The number of fused-ring (bicyclic) bond motifs is 1. The van der Waals surface area contributed by atoms with Crippen molar-refractivity contribution < 1.29 is 9.18 Å². The fraction of sp³-hybridized carbons (Fsp3) is 0.310. The Morgan fingerprint density at radius 1 is 0.941 bits per heavy atom. The van der Waals surface area contributed by atoms with Crippen LogP contribution in [-0.4, -0.2) is 33.4 Å².